The van der Waals surface area contributed by atoms with E-state index in [1.54, 1.807) is 16.8 Å². The van der Waals surface area contributed by atoms with E-state index in [-0.39, 0.29) is 17.8 Å². The standard InChI is InChI=1S/C23H25FN4O2/c1-17-14-21(26-28(17)20-8-3-2-4-9-20)23(29)25-16-22(27-10-12-30-13-11-27)18-6-5-7-19(24)15-18/h2-9,14-15,22H,10-13,16H2,1H3,(H,25,29). The molecule has 2 heterocycles. The van der Waals surface area contributed by atoms with Crippen LogP contribution >= 0.6 is 0 Å². The predicted octanol–water partition coefficient (Wildman–Crippen LogP) is 3.12. The monoisotopic (exact) mass is 408 g/mol. The Labute approximate surface area is 175 Å². The van der Waals surface area contributed by atoms with Gasteiger partial charge in [0.1, 0.15) is 5.82 Å². The van der Waals surface area contributed by atoms with Crippen LogP contribution in [0.3, 0.4) is 0 Å². The topological polar surface area (TPSA) is 59.4 Å². The fraction of sp³-hybridized carbons (Fsp3) is 0.304. The normalized spacial score (nSPS) is 15.7. The van der Waals surface area contributed by atoms with Crippen LogP contribution in [0, 0.1) is 12.7 Å². The van der Waals surface area contributed by atoms with E-state index < -0.39 is 0 Å². The quantitative estimate of drug-likeness (QED) is 0.681. The van der Waals surface area contributed by atoms with Crippen LogP contribution in [0.15, 0.2) is 60.7 Å². The van der Waals surface area contributed by atoms with E-state index in [1.165, 1.54) is 12.1 Å². The zero-order chi connectivity index (χ0) is 20.9. The third-order valence-electron chi connectivity index (χ3n) is 5.30. The Kier molecular flexibility index (Phi) is 6.21. The highest BCUT2D eigenvalue weighted by Gasteiger charge is 2.24. The van der Waals surface area contributed by atoms with Gasteiger partial charge in [-0.1, -0.05) is 30.3 Å². The zero-order valence-corrected chi connectivity index (χ0v) is 16.9. The minimum Gasteiger partial charge on any atom is -0.379 e. The van der Waals surface area contributed by atoms with Crippen LogP contribution in [-0.2, 0) is 4.74 Å². The van der Waals surface area contributed by atoms with Crippen molar-refractivity contribution in [3.8, 4) is 5.69 Å². The highest BCUT2D eigenvalue weighted by molar-refractivity contribution is 5.92. The molecule has 30 heavy (non-hydrogen) atoms. The average molecular weight is 408 g/mol. The molecule has 0 spiro atoms. The number of amides is 1. The Morgan fingerprint density at radius 1 is 1.13 bits per heavy atom. The summed E-state index contributed by atoms with van der Waals surface area (Å²) < 4.78 is 21.0. The second-order valence-electron chi connectivity index (χ2n) is 7.35. The van der Waals surface area contributed by atoms with E-state index in [1.807, 2.05) is 43.3 Å². The number of ether oxygens (including phenoxy) is 1. The van der Waals surface area contributed by atoms with Crippen LogP contribution in [0.1, 0.15) is 27.8 Å². The van der Waals surface area contributed by atoms with Crippen molar-refractivity contribution in [2.45, 2.75) is 13.0 Å². The van der Waals surface area contributed by atoms with E-state index in [0.717, 1.165) is 30.0 Å². The molecule has 1 atom stereocenters. The summed E-state index contributed by atoms with van der Waals surface area (Å²) in [5, 5.41) is 7.45. The molecule has 1 aromatic heterocycles. The van der Waals surface area contributed by atoms with Crippen molar-refractivity contribution in [2.24, 2.45) is 0 Å². The molecule has 1 fully saturated rings. The van der Waals surface area contributed by atoms with Gasteiger partial charge in [0.05, 0.1) is 24.9 Å². The van der Waals surface area contributed by atoms with Gasteiger partial charge in [0.25, 0.3) is 5.91 Å². The van der Waals surface area contributed by atoms with Crippen molar-refractivity contribution in [3.63, 3.8) is 0 Å². The summed E-state index contributed by atoms with van der Waals surface area (Å²) in [6, 6.07) is 17.9. The van der Waals surface area contributed by atoms with Crippen LogP contribution < -0.4 is 5.32 Å². The Hall–Kier alpha value is -3.03. The van der Waals surface area contributed by atoms with E-state index in [9.17, 15) is 9.18 Å². The largest absolute Gasteiger partial charge is 0.379 e. The molecule has 7 heteroatoms. The average Bonchev–Trinajstić information content (AvgIpc) is 3.17. The van der Waals surface area contributed by atoms with Gasteiger partial charge in [0, 0.05) is 25.3 Å². The maximum absolute atomic E-state index is 13.8. The molecule has 1 saturated heterocycles. The molecular weight excluding hydrogens is 383 g/mol. The van der Waals surface area contributed by atoms with Gasteiger partial charge >= 0.3 is 0 Å². The first-order valence-electron chi connectivity index (χ1n) is 10.1. The van der Waals surface area contributed by atoms with Gasteiger partial charge in [-0.25, -0.2) is 9.07 Å². The second kappa shape index (κ2) is 9.19. The summed E-state index contributed by atoms with van der Waals surface area (Å²) in [5.41, 5.74) is 2.97. The maximum atomic E-state index is 13.8. The second-order valence-corrected chi connectivity index (χ2v) is 7.35. The predicted molar refractivity (Wildman–Crippen MR) is 112 cm³/mol. The van der Waals surface area contributed by atoms with Crippen molar-refractivity contribution in [1.82, 2.24) is 20.0 Å². The number of benzene rings is 2. The number of rotatable bonds is 6. The lowest BCUT2D eigenvalue weighted by Gasteiger charge is -2.34. The first kappa shape index (κ1) is 20.3. The molecule has 6 nitrogen and oxygen atoms in total. The van der Waals surface area contributed by atoms with Crippen LogP contribution in [0.2, 0.25) is 0 Å². The summed E-state index contributed by atoms with van der Waals surface area (Å²) in [5.74, 6) is -0.531. The molecule has 1 N–H and O–H groups in total. The molecule has 1 aliphatic rings. The van der Waals surface area contributed by atoms with Crippen LogP contribution in [-0.4, -0.2) is 53.4 Å². The highest BCUT2D eigenvalue weighted by Crippen LogP contribution is 2.22. The molecule has 0 aliphatic carbocycles. The van der Waals surface area contributed by atoms with Crippen LogP contribution in [0.25, 0.3) is 5.69 Å². The summed E-state index contributed by atoms with van der Waals surface area (Å²) in [7, 11) is 0. The van der Waals surface area contributed by atoms with Gasteiger partial charge in [-0.15, -0.1) is 0 Å². The van der Waals surface area contributed by atoms with Gasteiger partial charge in [0.2, 0.25) is 0 Å². The van der Waals surface area contributed by atoms with Gasteiger partial charge in [-0.05, 0) is 42.8 Å². The summed E-state index contributed by atoms with van der Waals surface area (Å²) in [4.78, 5) is 15.0. The summed E-state index contributed by atoms with van der Waals surface area (Å²) in [6.07, 6.45) is 0. The summed E-state index contributed by atoms with van der Waals surface area (Å²) >= 11 is 0. The number of aromatic nitrogens is 2. The van der Waals surface area contributed by atoms with Gasteiger partial charge in [-0.3, -0.25) is 9.69 Å². The van der Waals surface area contributed by atoms with Crippen molar-refractivity contribution < 1.29 is 13.9 Å². The number of hydrogen-bond donors (Lipinski definition) is 1. The number of hydrogen-bond acceptors (Lipinski definition) is 4. The van der Waals surface area contributed by atoms with Crippen molar-refractivity contribution in [1.29, 1.82) is 0 Å². The Morgan fingerprint density at radius 3 is 2.63 bits per heavy atom. The zero-order valence-electron chi connectivity index (χ0n) is 16.9. The number of halogens is 1. The first-order chi connectivity index (χ1) is 14.6. The van der Waals surface area contributed by atoms with Crippen LogP contribution in [0.5, 0.6) is 0 Å². The van der Waals surface area contributed by atoms with Gasteiger partial charge < -0.3 is 10.1 Å². The molecule has 0 bridgehead atoms. The number of para-hydroxylation sites is 1. The van der Waals surface area contributed by atoms with E-state index in [4.69, 9.17) is 4.74 Å². The number of carbonyl (C=O) groups is 1. The number of morpholine rings is 1. The minimum absolute atomic E-state index is 0.133. The fourth-order valence-electron chi connectivity index (χ4n) is 3.76. The molecule has 1 unspecified atom stereocenters. The van der Waals surface area contributed by atoms with E-state index in [2.05, 4.69) is 15.3 Å². The molecule has 0 radical (unpaired) electrons. The molecule has 2 aromatic carbocycles. The van der Waals surface area contributed by atoms with Crippen molar-refractivity contribution >= 4 is 5.91 Å². The number of carbonyl (C=O) groups excluding carboxylic acids is 1. The minimum atomic E-state index is -0.283. The van der Waals surface area contributed by atoms with Gasteiger partial charge in [-0.2, -0.15) is 5.10 Å². The summed E-state index contributed by atoms with van der Waals surface area (Å²) in [6.45, 7) is 5.00. The molecule has 0 saturated carbocycles. The molecule has 1 amide bonds. The Bertz CT molecular complexity index is 999. The fourth-order valence-corrected chi connectivity index (χ4v) is 3.76. The van der Waals surface area contributed by atoms with Crippen molar-refractivity contribution in [3.05, 3.63) is 83.4 Å². The van der Waals surface area contributed by atoms with E-state index in [0.29, 0.717) is 25.5 Å². The lowest BCUT2D eigenvalue weighted by atomic mass is 10.0. The SMILES string of the molecule is Cc1cc(C(=O)NCC(c2cccc(F)c2)N2CCOCC2)nn1-c1ccccc1. The Morgan fingerprint density at radius 2 is 1.90 bits per heavy atom. The third kappa shape index (κ3) is 4.58. The van der Waals surface area contributed by atoms with Gasteiger partial charge in [0.15, 0.2) is 5.69 Å². The molecule has 3 aromatic rings. The van der Waals surface area contributed by atoms with E-state index >= 15 is 0 Å². The lowest BCUT2D eigenvalue weighted by Crippen LogP contribution is -2.43. The molecule has 1 aliphatic heterocycles. The Balaban J connectivity index is 1.50. The molecule has 156 valence electrons. The highest BCUT2D eigenvalue weighted by atomic mass is 19.1. The number of nitrogens with zero attached hydrogens (tertiary/aromatic N) is 3. The first-order valence-corrected chi connectivity index (χ1v) is 10.1. The van der Waals surface area contributed by atoms with Crippen molar-refractivity contribution in [2.75, 3.05) is 32.8 Å². The third-order valence-corrected chi connectivity index (χ3v) is 5.30. The molecule has 4 rings (SSSR count). The van der Waals surface area contributed by atoms with Crippen LogP contribution in [0.4, 0.5) is 4.39 Å². The lowest BCUT2D eigenvalue weighted by molar-refractivity contribution is 0.0161. The number of aryl methyl sites for hydroxylation is 1. The number of nitrogens with one attached hydrogen (secondary N) is 1. The smallest absolute Gasteiger partial charge is 0.271 e. The maximum Gasteiger partial charge on any atom is 0.271 e. The molecular formula is C23H25FN4O2.